The first-order valence-corrected chi connectivity index (χ1v) is 4.61. The number of fused-ring (bicyclic) bond motifs is 1. The van der Waals surface area contributed by atoms with Gasteiger partial charge in [0.2, 0.25) is 0 Å². The molecule has 1 aliphatic rings. The van der Waals surface area contributed by atoms with Gasteiger partial charge in [-0.3, -0.25) is 4.79 Å². The van der Waals surface area contributed by atoms with Crippen molar-refractivity contribution in [2.24, 2.45) is 0 Å². The number of halogens is 1. The van der Waals surface area contributed by atoms with Crippen LogP contribution >= 0.6 is 23.1 Å². The van der Waals surface area contributed by atoms with Crippen LogP contribution in [-0.4, -0.2) is 10.2 Å². The summed E-state index contributed by atoms with van der Waals surface area (Å²) in [6, 6.07) is 0. The highest BCUT2D eigenvalue weighted by Crippen LogP contribution is 2.30. The highest BCUT2D eigenvalue weighted by atomic mass is 35.5. The molecular formula is C7H6ClNOS. The monoisotopic (exact) mass is 187 g/mol. The number of carbonyl (C=O) groups excluding carboxylic acids is 1. The van der Waals surface area contributed by atoms with E-state index in [0.717, 1.165) is 23.3 Å². The molecule has 0 saturated carbocycles. The van der Waals surface area contributed by atoms with Gasteiger partial charge in [0, 0.05) is 12.0 Å². The molecule has 0 bridgehead atoms. The van der Waals surface area contributed by atoms with E-state index in [1.807, 2.05) is 0 Å². The van der Waals surface area contributed by atoms with E-state index in [1.54, 1.807) is 0 Å². The maximum absolute atomic E-state index is 11.2. The average Bonchev–Trinajstić information content (AvgIpc) is 2.35. The fourth-order valence-corrected chi connectivity index (χ4v) is 2.41. The Hall–Kier alpha value is -0.410. The maximum Gasteiger partial charge on any atom is 0.174 e. The Morgan fingerprint density at radius 3 is 3.00 bits per heavy atom. The zero-order chi connectivity index (χ0) is 7.84. The van der Waals surface area contributed by atoms with Gasteiger partial charge in [-0.2, -0.15) is 4.37 Å². The summed E-state index contributed by atoms with van der Waals surface area (Å²) >= 11 is 7.00. The van der Waals surface area contributed by atoms with Gasteiger partial charge in [0.05, 0.1) is 4.88 Å². The Kier molecular flexibility index (Phi) is 1.69. The third kappa shape index (κ3) is 1.08. The molecule has 0 aliphatic heterocycles. The van der Waals surface area contributed by atoms with E-state index < -0.39 is 0 Å². The summed E-state index contributed by atoms with van der Waals surface area (Å²) in [5.74, 6) is 0.204. The normalized spacial score (nSPS) is 16.6. The minimum Gasteiger partial charge on any atom is -0.293 e. The molecule has 0 N–H and O–H groups in total. The van der Waals surface area contributed by atoms with Crippen molar-refractivity contribution in [2.75, 3.05) is 0 Å². The fraction of sp³-hybridized carbons (Fsp3) is 0.429. The van der Waals surface area contributed by atoms with E-state index >= 15 is 0 Å². The summed E-state index contributed by atoms with van der Waals surface area (Å²) in [4.78, 5) is 12.0. The number of rotatable bonds is 0. The van der Waals surface area contributed by atoms with Gasteiger partial charge in [-0.05, 0) is 24.4 Å². The van der Waals surface area contributed by atoms with Crippen molar-refractivity contribution in [2.45, 2.75) is 19.3 Å². The Balaban J connectivity index is 2.55. The zero-order valence-corrected chi connectivity index (χ0v) is 7.34. The van der Waals surface area contributed by atoms with Crippen LogP contribution in [0.2, 0.25) is 5.15 Å². The highest BCUT2D eigenvalue weighted by molar-refractivity contribution is 7.08. The SMILES string of the molecule is O=C1CCCc2c(Cl)nsc21. The molecule has 58 valence electrons. The minimum atomic E-state index is 0.204. The van der Waals surface area contributed by atoms with Gasteiger partial charge in [0.25, 0.3) is 0 Å². The summed E-state index contributed by atoms with van der Waals surface area (Å²) in [6.07, 6.45) is 2.49. The number of Topliss-reactive ketones (excluding diaryl/α,β-unsaturated/α-hetero) is 1. The molecule has 0 aromatic carbocycles. The van der Waals surface area contributed by atoms with E-state index in [2.05, 4.69) is 4.37 Å². The Morgan fingerprint density at radius 1 is 1.45 bits per heavy atom. The quantitative estimate of drug-likeness (QED) is 0.624. The van der Waals surface area contributed by atoms with E-state index in [-0.39, 0.29) is 5.78 Å². The molecule has 1 heterocycles. The van der Waals surface area contributed by atoms with Gasteiger partial charge in [-0.1, -0.05) is 11.6 Å². The summed E-state index contributed by atoms with van der Waals surface area (Å²) < 4.78 is 3.93. The molecule has 0 atom stereocenters. The molecule has 1 aromatic rings. The van der Waals surface area contributed by atoms with Crippen molar-refractivity contribution in [3.8, 4) is 0 Å². The number of ketones is 1. The molecule has 2 nitrogen and oxygen atoms in total. The van der Waals surface area contributed by atoms with Crippen molar-refractivity contribution >= 4 is 28.9 Å². The molecular weight excluding hydrogens is 182 g/mol. The first-order chi connectivity index (χ1) is 5.29. The van der Waals surface area contributed by atoms with E-state index in [1.165, 1.54) is 11.5 Å². The van der Waals surface area contributed by atoms with Crippen LogP contribution < -0.4 is 0 Å². The lowest BCUT2D eigenvalue weighted by Gasteiger charge is -2.07. The van der Waals surface area contributed by atoms with E-state index in [9.17, 15) is 4.79 Å². The van der Waals surface area contributed by atoms with Crippen LogP contribution in [-0.2, 0) is 6.42 Å². The van der Waals surface area contributed by atoms with Crippen LogP contribution in [0.5, 0.6) is 0 Å². The van der Waals surface area contributed by atoms with Crippen LogP contribution in [0, 0.1) is 0 Å². The van der Waals surface area contributed by atoms with Crippen molar-refractivity contribution in [1.82, 2.24) is 4.37 Å². The Bertz CT molecular complexity index is 307. The molecule has 4 heteroatoms. The van der Waals surface area contributed by atoms with Crippen molar-refractivity contribution in [1.29, 1.82) is 0 Å². The van der Waals surface area contributed by atoms with E-state index in [4.69, 9.17) is 11.6 Å². The second-order valence-corrected chi connectivity index (χ2v) is 3.69. The molecule has 0 unspecified atom stereocenters. The number of hydrogen-bond acceptors (Lipinski definition) is 3. The van der Waals surface area contributed by atoms with Crippen molar-refractivity contribution < 1.29 is 4.79 Å². The number of nitrogens with zero attached hydrogens (tertiary/aromatic N) is 1. The molecule has 0 radical (unpaired) electrons. The predicted octanol–water partition coefficient (Wildman–Crippen LogP) is 2.32. The second kappa shape index (κ2) is 2.57. The van der Waals surface area contributed by atoms with Crippen LogP contribution in [0.15, 0.2) is 0 Å². The van der Waals surface area contributed by atoms with Crippen LogP contribution in [0.1, 0.15) is 28.1 Å². The molecule has 2 rings (SSSR count). The predicted molar refractivity (Wildman–Crippen MR) is 44.4 cm³/mol. The molecule has 1 aliphatic carbocycles. The van der Waals surface area contributed by atoms with Gasteiger partial charge in [-0.25, -0.2) is 0 Å². The molecule has 0 fully saturated rings. The molecule has 11 heavy (non-hydrogen) atoms. The Labute approximate surface area is 73.4 Å². The van der Waals surface area contributed by atoms with Crippen LogP contribution in [0.25, 0.3) is 0 Å². The van der Waals surface area contributed by atoms with Gasteiger partial charge in [0.1, 0.15) is 5.15 Å². The second-order valence-electron chi connectivity index (χ2n) is 2.56. The lowest BCUT2D eigenvalue weighted by atomic mass is 9.99. The molecule has 1 aromatic heterocycles. The molecule has 0 amide bonds. The van der Waals surface area contributed by atoms with Crippen molar-refractivity contribution in [3.05, 3.63) is 15.6 Å². The minimum absolute atomic E-state index is 0.204. The summed E-state index contributed by atoms with van der Waals surface area (Å²) in [5.41, 5.74) is 0.966. The number of carbonyl (C=O) groups is 1. The van der Waals surface area contributed by atoms with E-state index in [0.29, 0.717) is 11.6 Å². The van der Waals surface area contributed by atoms with Gasteiger partial charge in [0.15, 0.2) is 5.78 Å². The van der Waals surface area contributed by atoms with Gasteiger partial charge in [-0.15, -0.1) is 0 Å². The first kappa shape index (κ1) is 7.25. The largest absolute Gasteiger partial charge is 0.293 e. The summed E-state index contributed by atoms with van der Waals surface area (Å²) in [6.45, 7) is 0. The number of hydrogen-bond donors (Lipinski definition) is 0. The highest BCUT2D eigenvalue weighted by Gasteiger charge is 2.22. The van der Waals surface area contributed by atoms with Crippen LogP contribution in [0.4, 0.5) is 0 Å². The van der Waals surface area contributed by atoms with Crippen molar-refractivity contribution in [3.63, 3.8) is 0 Å². The lowest BCUT2D eigenvalue weighted by molar-refractivity contribution is 0.0977. The summed E-state index contributed by atoms with van der Waals surface area (Å²) in [7, 11) is 0. The number of aromatic nitrogens is 1. The molecule has 0 spiro atoms. The Morgan fingerprint density at radius 2 is 2.27 bits per heavy atom. The van der Waals surface area contributed by atoms with Crippen LogP contribution in [0.3, 0.4) is 0 Å². The topological polar surface area (TPSA) is 30.0 Å². The average molecular weight is 188 g/mol. The summed E-state index contributed by atoms with van der Waals surface area (Å²) in [5, 5.41) is 0.526. The lowest BCUT2D eigenvalue weighted by Crippen LogP contribution is -2.06. The third-order valence-corrected chi connectivity index (χ3v) is 3.17. The molecule has 0 saturated heterocycles. The van der Waals surface area contributed by atoms with Gasteiger partial charge < -0.3 is 0 Å². The zero-order valence-electron chi connectivity index (χ0n) is 5.76. The standard InChI is InChI=1S/C7H6ClNOS/c8-7-4-2-1-3-5(10)6(4)11-9-7/h1-3H2. The fourth-order valence-electron chi connectivity index (χ4n) is 1.26. The maximum atomic E-state index is 11.2. The first-order valence-electron chi connectivity index (χ1n) is 3.46. The smallest absolute Gasteiger partial charge is 0.174 e. The third-order valence-electron chi connectivity index (χ3n) is 1.82. The van der Waals surface area contributed by atoms with Gasteiger partial charge >= 0.3 is 0 Å².